The normalized spacial score (nSPS) is 10.8. The summed E-state index contributed by atoms with van der Waals surface area (Å²) >= 11 is 0. The van der Waals surface area contributed by atoms with Crippen molar-refractivity contribution in [2.45, 2.75) is 26.7 Å². The van der Waals surface area contributed by atoms with Crippen molar-refractivity contribution in [3.8, 4) is 0 Å². The first-order valence-electron chi connectivity index (χ1n) is 8.81. The molecule has 0 aliphatic rings. The van der Waals surface area contributed by atoms with Crippen LogP contribution < -0.4 is 10.6 Å². The Morgan fingerprint density at radius 2 is 1.75 bits per heavy atom. The van der Waals surface area contributed by atoms with Gasteiger partial charge in [-0.05, 0) is 42.7 Å². The molecule has 0 aliphatic heterocycles. The fourth-order valence-corrected chi connectivity index (χ4v) is 2.74. The fourth-order valence-electron chi connectivity index (χ4n) is 2.74. The summed E-state index contributed by atoms with van der Waals surface area (Å²) in [5, 5.41) is 5.67. The quantitative estimate of drug-likeness (QED) is 0.638. The van der Waals surface area contributed by atoms with E-state index in [9.17, 15) is 13.6 Å². The summed E-state index contributed by atoms with van der Waals surface area (Å²) in [4.78, 5) is 21.1. The Balaban J connectivity index is 1.84. The number of aromatic nitrogens is 2. The van der Waals surface area contributed by atoms with Crippen molar-refractivity contribution >= 4 is 23.2 Å². The average molecular weight is 382 g/mol. The predicted molar refractivity (Wildman–Crippen MR) is 105 cm³/mol. The van der Waals surface area contributed by atoms with Crippen molar-refractivity contribution in [1.29, 1.82) is 0 Å². The Morgan fingerprint density at radius 3 is 2.46 bits per heavy atom. The first-order chi connectivity index (χ1) is 13.3. The first kappa shape index (κ1) is 19.4. The maximum Gasteiger partial charge on any atom is 0.274 e. The molecule has 3 rings (SSSR count). The highest BCUT2D eigenvalue weighted by molar-refractivity contribution is 6.03. The van der Waals surface area contributed by atoms with Crippen LogP contribution in [0.4, 0.5) is 26.1 Å². The Bertz CT molecular complexity index is 1020. The minimum Gasteiger partial charge on any atom is -0.324 e. The van der Waals surface area contributed by atoms with E-state index in [-0.39, 0.29) is 29.2 Å². The van der Waals surface area contributed by atoms with Crippen LogP contribution in [-0.2, 0) is 0 Å². The van der Waals surface area contributed by atoms with Crippen LogP contribution in [0.25, 0.3) is 0 Å². The number of hydrogen-bond acceptors (Lipinski definition) is 4. The van der Waals surface area contributed by atoms with E-state index in [1.807, 2.05) is 38.1 Å². The molecule has 0 fully saturated rings. The van der Waals surface area contributed by atoms with Crippen molar-refractivity contribution in [2.24, 2.45) is 0 Å². The maximum atomic E-state index is 13.4. The molecule has 5 nitrogen and oxygen atoms in total. The van der Waals surface area contributed by atoms with Crippen LogP contribution in [0.5, 0.6) is 0 Å². The van der Waals surface area contributed by atoms with Crippen molar-refractivity contribution in [3.05, 3.63) is 77.1 Å². The van der Waals surface area contributed by atoms with Crippen LogP contribution in [0.1, 0.15) is 41.5 Å². The van der Waals surface area contributed by atoms with Gasteiger partial charge in [0.2, 0.25) is 5.95 Å². The Labute approximate surface area is 161 Å². The van der Waals surface area contributed by atoms with Gasteiger partial charge in [-0.2, -0.15) is 0 Å². The van der Waals surface area contributed by atoms with Gasteiger partial charge < -0.3 is 10.6 Å². The number of nitrogens with zero attached hydrogens (tertiary/aromatic N) is 2. The largest absolute Gasteiger partial charge is 0.324 e. The summed E-state index contributed by atoms with van der Waals surface area (Å²) in [7, 11) is 0. The lowest BCUT2D eigenvalue weighted by Gasteiger charge is -2.14. The predicted octanol–water partition coefficient (Wildman–Crippen LogP) is 5.18. The molecule has 0 saturated carbocycles. The van der Waals surface area contributed by atoms with E-state index < -0.39 is 11.6 Å². The molecule has 0 unspecified atom stereocenters. The molecule has 28 heavy (non-hydrogen) atoms. The van der Waals surface area contributed by atoms with Crippen molar-refractivity contribution in [1.82, 2.24) is 9.97 Å². The third kappa shape index (κ3) is 4.49. The topological polar surface area (TPSA) is 66.9 Å². The number of halogens is 2. The van der Waals surface area contributed by atoms with Gasteiger partial charge in [-0.25, -0.2) is 18.7 Å². The van der Waals surface area contributed by atoms with E-state index in [1.54, 1.807) is 13.0 Å². The smallest absolute Gasteiger partial charge is 0.274 e. The van der Waals surface area contributed by atoms with E-state index in [4.69, 9.17) is 0 Å². The SMILES string of the molecule is Cc1cc(C(=O)Nc2ccccc2C(C)C)nc(Nc2ccc(F)c(F)c2)n1. The van der Waals surface area contributed by atoms with E-state index in [0.29, 0.717) is 11.4 Å². The lowest BCUT2D eigenvalue weighted by molar-refractivity contribution is 0.102. The Hall–Kier alpha value is -3.35. The van der Waals surface area contributed by atoms with Gasteiger partial charge in [0.15, 0.2) is 11.6 Å². The highest BCUT2D eigenvalue weighted by Gasteiger charge is 2.14. The van der Waals surface area contributed by atoms with Crippen LogP contribution in [0.15, 0.2) is 48.5 Å². The van der Waals surface area contributed by atoms with Crippen LogP contribution >= 0.6 is 0 Å². The molecule has 1 amide bonds. The summed E-state index contributed by atoms with van der Waals surface area (Å²) in [6, 6.07) is 12.5. The number of carbonyl (C=O) groups is 1. The van der Waals surface area contributed by atoms with Gasteiger partial charge in [-0.1, -0.05) is 32.0 Å². The second kappa shape index (κ2) is 8.12. The van der Waals surface area contributed by atoms with Gasteiger partial charge in [-0.3, -0.25) is 4.79 Å². The minimum absolute atomic E-state index is 0.119. The maximum absolute atomic E-state index is 13.4. The zero-order chi connectivity index (χ0) is 20.3. The summed E-state index contributed by atoms with van der Waals surface area (Å²) in [6.45, 7) is 5.81. The monoisotopic (exact) mass is 382 g/mol. The number of para-hydroxylation sites is 1. The van der Waals surface area contributed by atoms with Crippen LogP contribution in [0.3, 0.4) is 0 Å². The van der Waals surface area contributed by atoms with Crippen molar-refractivity contribution < 1.29 is 13.6 Å². The number of aryl methyl sites for hydroxylation is 1. The van der Waals surface area contributed by atoms with Crippen molar-refractivity contribution in [3.63, 3.8) is 0 Å². The fraction of sp³-hybridized carbons (Fsp3) is 0.190. The van der Waals surface area contributed by atoms with Crippen LogP contribution in [-0.4, -0.2) is 15.9 Å². The number of nitrogens with one attached hydrogen (secondary N) is 2. The second-order valence-electron chi connectivity index (χ2n) is 6.67. The van der Waals surface area contributed by atoms with Gasteiger partial charge in [0, 0.05) is 23.1 Å². The molecule has 0 bridgehead atoms. The highest BCUT2D eigenvalue weighted by atomic mass is 19.2. The summed E-state index contributed by atoms with van der Waals surface area (Å²) in [5.74, 6) is -1.95. The molecule has 3 aromatic rings. The number of hydrogen-bond donors (Lipinski definition) is 2. The van der Waals surface area contributed by atoms with E-state index in [0.717, 1.165) is 17.7 Å². The molecule has 1 aromatic heterocycles. The molecule has 0 radical (unpaired) electrons. The molecular formula is C21H20F2N4O. The van der Waals surface area contributed by atoms with Crippen LogP contribution in [0.2, 0.25) is 0 Å². The van der Waals surface area contributed by atoms with Crippen LogP contribution in [0, 0.1) is 18.6 Å². The standard InChI is InChI=1S/C21H20F2N4O/c1-12(2)15-6-4-5-7-18(15)26-20(28)19-10-13(3)24-21(27-19)25-14-8-9-16(22)17(23)11-14/h4-12H,1-3H3,(H,26,28)(H,24,25,27). The zero-order valence-electron chi connectivity index (χ0n) is 15.8. The van der Waals surface area contributed by atoms with Crippen molar-refractivity contribution in [2.75, 3.05) is 10.6 Å². The Kier molecular flexibility index (Phi) is 5.63. The van der Waals surface area contributed by atoms with Gasteiger partial charge in [-0.15, -0.1) is 0 Å². The third-order valence-corrected chi connectivity index (χ3v) is 4.09. The molecule has 2 N–H and O–H groups in total. The number of rotatable bonds is 5. The van der Waals surface area contributed by atoms with Gasteiger partial charge in [0.05, 0.1) is 0 Å². The minimum atomic E-state index is -0.985. The number of anilines is 3. The molecule has 7 heteroatoms. The zero-order valence-corrected chi connectivity index (χ0v) is 15.8. The molecule has 2 aromatic carbocycles. The molecule has 0 spiro atoms. The first-order valence-corrected chi connectivity index (χ1v) is 8.81. The van der Waals surface area contributed by atoms with E-state index in [2.05, 4.69) is 20.6 Å². The molecular weight excluding hydrogens is 362 g/mol. The number of amides is 1. The molecule has 0 aliphatic carbocycles. The number of carbonyl (C=O) groups excluding carboxylic acids is 1. The molecule has 1 heterocycles. The molecule has 144 valence electrons. The average Bonchev–Trinajstić information content (AvgIpc) is 2.64. The summed E-state index contributed by atoms with van der Waals surface area (Å²) in [6.07, 6.45) is 0. The summed E-state index contributed by atoms with van der Waals surface area (Å²) in [5.41, 5.74) is 2.73. The molecule has 0 saturated heterocycles. The molecule has 0 atom stereocenters. The highest BCUT2D eigenvalue weighted by Crippen LogP contribution is 2.24. The lowest BCUT2D eigenvalue weighted by atomic mass is 10.0. The van der Waals surface area contributed by atoms with Gasteiger partial charge in [0.25, 0.3) is 5.91 Å². The van der Waals surface area contributed by atoms with E-state index in [1.165, 1.54) is 6.07 Å². The number of benzene rings is 2. The summed E-state index contributed by atoms with van der Waals surface area (Å²) < 4.78 is 26.5. The Morgan fingerprint density at radius 1 is 1.00 bits per heavy atom. The third-order valence-electron chi connectivity index (χ3n) is 4.09. The lowest BCUT2D eigenvalue weighted by Crippen LogP contribution is -2.16. The van der Waals surface area contributed by atoms with E-state index >= 15 is 0 Å². The van der Waals surface area contributed by atoms with Gasteiger partial charge in [0.1, 0.15) is 5.69 Å². The second-order valence-corrected chi connectivity index (χ2v) is 6.67. The van der Waals surface area contributed by atoms with Gasteiger partial charge >= 0.3 is 0 Å².